The van der Waals surface area contributed by atoms with E-state index in [-0.39, 0.29) is 35.5 Å². The van der Waals surface area contributed by atoms with Crippen molar-refractivity contribution in [2.24, 2.45) is 5.16 Å². The number of likely N-dealkylation sites (N-methyl/N-ethyl adjacent to an activating group) is 1. The number of nitrogens with two attached hydrogens (primary N) is 1. The highest BCUT2D eigenvalue weighted by molar-refractivity contribution is 8.00. The van der Waals surface area contributed by atoms with Crippen molar-refractivity contribution < 1.29 is 46.2 Å². The minimum absolute atomic E-state index is 0.0187. The second-order valence-corrected chi connectivity index (χ2v) is 12.5. The van der Waals surface area contributed by atoms with Crippen LogP contribution in [0.15, 0.2) is 28.6 Å². The van der Waals surface area contributed by atoms with Crippen molar-refractivity contribution >= 4 is 62.2 Å². The number of thioether (sulfide) groups is 1. The molecule has 0 saturated carbocycles. The van der Waals surface area contributed by atoms with Crippen LogP contribution in [0.1, 0.15) is 5.82 Å². The smallest absolute Gasteiger partial charge is 0.336 e. The van der Waals surface area contributed by atoms with Gasteiger partial charge in [-0.2, -0.15) is 22.1 Å². The number of carboxylic acid groups (broad SMARTS) is 1. The van der Waals surface area contributed by atoms with Crippen LogP contribution in [0.2, 0.25) is 0 Å². The predicted molar refractivity (Wildman–Crippen MR) is 138 cm³/mol. The molecule has 16 nitrogen and oxygen atoms in total. The molecular weight excluding hydrogens is 595 g/mol. The molecular formula is C20H25FN8O8S3. The average molecular weight is 621 g/mol. The predicted octanol–water partition coefficient (Wildman–Crippen LogP) is -2.71. The van der Waals surface area contributed by atoms with E-state index in [1.807, 2.05) is 7.05 Å². The Balaban J connectivity index is 1.44. The van der Waals surface area contributed by atoms with Gasteiger partial charge in [-0.15, -0.1) is 11.8 Å². The van der Waals surface area contributed by atoms with Crippen molar-refractivity contribution in [3.63, 3.8) is 0 Å². The number of alkyl halides is 1. The topological polar surface area (TPSA) is 221 Å². The molecule has 2 fully saturated rings. The molecule has 4 heterocycles. The van der Waals surface area contributed by atoms with E-state index in [0.717, 1.165) is 20.7 Å². The lowest BCUT2D eigenvalue weighted by Gasteiger charge is -2.50. The maximum absolute atomic E-state index is 12.9. The number of β-lactam (4-membered cyclic amide) rings is 1. The fourth-order valence-corrected chi connectivity index (χ4v) is 6.74. The van der Waals surface area contributed by atoms with Crippen LogP contribution >= 0.6 is 23.3 Å². The normalized spacial score (nSPS) is 23.6. The van der Waals surface area contributed by atoms with Gasteiger partial charge in [0.05, 0.1) is 51.4 Å². The number of nitrogens with one attached hydrogen (secondary N) is 1. The number of amides is 2. The van der Waals surface area contributed by atoms with Gasteiger partial charge in [0, 0.05) is 17.3 Å². The lowest BCUT2D eigenvalue weighted by Crippen LogP contribution is -2.71. The van der Waals surface area contributed by atoms with Crippen LogP contribution in [0.25, 0.3) is 0 Å². The first-order chi connectivity index (χ1) is 18.8. The lowest BCUT2D eigenvalue weighted by molar-refractivity contribution is -0.907. The van der Waals surface area contributed by atoms with Crippen LogP contribution in [0.4, 0.5) is 9.52 Å². The summed E-state index contributed by atoms with van der Waals surface area (Å²) in [5, 5.41) is 17.1. The highest BCUT2D eigenvalue weighted by Gasteiger charge is 2.53. The first kappa shape index (κ1) is 29.8. The number of nitrogens with zero attached hydrogens (tertiary/aromatic N) is 6. The molecule has 2 atom stereocenters. The maximum atomic E-state index is 12.9. The number of hydrogen-bond donors (Lipinski definition) is 3. The molecule has 1 aromatic rings. The van der Waals surface area contributed by atoms with Gasteiger partial charge in [-0.05, 0) is 11.6 Å². The quantitative estimate of drug-likeness (QED) is 0.0799. The molecule has 4 N–H and O–H groups in total. The molecule has 3 aliphatic heterocycles. The van der Waals surface area contributed by atoms with Gasteiger partial charge >= 0.3 is 10.3 Å². The highest BCUT2D eigenvalue weighted by Crippen LogP contribution is 2.40. The van der Waals surface area contributed by atoms with Gasteiger partial charge in [0.1, 0.15) is 11.4 Å². The summed E-state index contributed by atoms with van der Waals surface area (Å²) in [6, 6.07) is -1.12. The molecule has 3 aliphatic rings. The maximum Gasteiger partial charge on any atom is 0.336 e. The van der Waals surface area contributed by atoms with Crippen molar-refractivity contribution in [2.75, 3.05) is 58.1 Å². The largest absolute Gasteiger partial charge is 0.543 e. The molecule has 0 aromatic carbocycles. The Morgan fingerprint density at radius 1 is 1.40 bits per heavy atom. The van der Waals surface area contributed by atoms with Crippen LogP contribution in [0.3, 0.4) is 0 Å². The molecule has 40 heavy (non-hydrogen) atoms. The van der Waals surface area contributed by atoms with E-state index in [1.54, 1.807) is 12.2 Å². The number of anilines is 1. The van der Waals surface area contributed by atoms with E-state index in [9.17, 15) is 36.9 Å². The van der Waals surface area contributed by atoms with E-state index in [2.05, 4.69) is 24.7 Å². The van der Waals surface area contributed by atoms with Crippen LogP contribution in [0.5, 0.6) is 0 Å². The fourth-order valence-electron chi connectivity index (χ4n) is 4.37. The van der Waals surface area contributed by atoms with Crippen LogP contribution in [-0.4, -0.2) is 123 Å². The summed E-state index contributed by atoms with van der Waals surface area (Å²) in [7, 11) is -2.35. The Kier molecular flexibility index (Phi) is 8.75. The molecule has 0 unspecified atom stereocenters. The third-order valence-corrected chi connectivity index (χ3v) is 9.38. The zero-order valence-electron chi connectivity index (χ0n) is 20.9. The summed E-state index contributed by atoms with van der Waals surface area (Å²) >= 11 is 1.98. The zero-order valence-corrected chi connectivity index (χ0v) is 23.4. The molecule has 20 heteroatoms. The minimum atomic E-state index is -4.25. The minimum Gasteiger partial charge on any atom is -0.543 e. The molecule has 0 spiro atoms. The Hall–Kier alpha value is -3.17. The number of quaternary nitrogens is 1. The SMILES string of the molecule is C[N+]1(C/C=C/C2=C(C(=O)[O-])N3C(=O)[C@@H](NC(=O)/C(=N\OCF)c4nsc(N)n4)[C@H]3SC2)CCN(S(=O)(=O)O)CC1. The van der Waals surface area contributed by atoms with E-state index >= 15 is 0 Å². The number of carbonyl (C=O) groups is 3. The zero-order chi connectivity index (χ0) is 29.2. The number of carboxylic acids is 1. The number of rotatable bonds is 10. The number of halogens is 1. The number of hydrogen-bond acceptors (Lipinski definition) is 13. The highest BCUT2D eigenvalue weighted by atomic mass is 32.2. The second-order valence-electron chi connectivity index (χ2n) is 9.19. The van der Waals surface area contributed by atoms with Crippen molar-refractivity contribution in [3.8, 4) is 0 Å². The number of piperazine rings is 1. The number of oxime groups is 1. The van der Waals surface area contributed by atoms with Gasteiger partial charge in [-0.1, -0.05) is 11.2 Å². The van der Waals surface area contributed by atoms with Gasteiger partial charge in [-0.25, -0.2) is 4.39 Å². The summed E-state index contributed by atoms with van der Waals surface area (Å²) in [5.41, 5.74) is 5.03. The van der Waals surface area contributed by atoms with Gasteiger partial charge in [0.25, 0.3) is 18.7 Å². The summed E-state index contributed by atoms with van der Waals surface area (Å²) in [4.78, 5) is 46.9. The monoisotopic (exact) mass is 620 g/mol. The molecule has 218 valence electrons. The number of aliphatic carboxylic acids is 1. The molecule has 1 aromatic heterocycles. The molecule has 0 radical (unpaired) electrons. The third-order valence-electron chi connectivity index (χ3n) is 6.52. The summed E-state index contributed by atoms with van der Waals surface area (Å²) in [5.74, 6) is -3.25. The number of aromatic nitrogens is 2. The lowest BCUT2D eigenvalue weighted by atomic mass is 10.0. The van der Waals surface area contributed by atoms with E-state index in [4.69, 9.17) is 5.73 Å². The molecule has 4 rings (SSSR count). The summed E-state index contributed by atoms with van der Waals surface area (Å²) < 4.78 is 49.7. The molecule has 0 aliphatic carbocycles. The summed E-state index contributed by atoms with van der Waals surface area (Å²) in [6.07, 6.45) is 3.33. The molecule has 2 saturated heterocycles. The van der Waals surface area contributed by atoms with Gasteiger partial charge < -0.3 is 30.3 Å². The van der Waals surface area contributed by atoms with Crippen molar-refractivity contribution in [1.29, 1.82) is 0 Å². The molecule has 2 amide bonds. The second kappa shape index (κ2) is 11.7. The Morgan fingerprint density at radius 3 is 2.67 bits per heavy atom. The Bertz CT molecular complexity index is 1390. The number of allylic oxidation sites excluding steroid dienone is 1. The molecule has 0 bridgehead atoms. The van der Waals surface area contributed by atoms with Crippen LogP contribution in [0, 0.1) is 0 Å². The fraction of sp³-hybridized carbons (Fsp3) is 0.500. The van der Waals surface area contributed by atoms with Crippen molar-refractivity contribution in [1.82, 2.24) is 23.9 Å². The van der Waals surface area contributed by atoms with E-state index in [1.165, 1.54) is 11.8 Å². The Labute approximate surface area is 235 Å². The van der Waals surface area contributed by atoms with Gasteiger partial charge in [0.2, 0.25) is 11.5 Å². The first-order valence-corrected chi connectivity index (χ1v) is 14.8. The standard InChI is InChI=1S/C20H25FN8O8S3/c1-29(7-4-27(5-8-29)40(34,35)36)6-2-3-11-9-38-18-13(17(31)28(18)14(11)19(32)33)23-16(30)12(25-37-10-21)15-24-20(22)39-26-15/h2-3,13,18H,4-10H2,1H3,(H4-,22,23,24,26,30,32,33,34,35,36)/b3-2+,25-12-/t13-,18-/m1/s1. The first-order valence-electron chi connectivity index (χ1n) is 11.6. The van der Waals surface area contributed by atoms with E-state index < -0.39 is 52.1 Å². The number of fused-ring (bicyclic) bond motifs is 1. The van der Waals surface area contributed by atoms with Crippen molar-refractivity contribution in [2.45, 2.75) is 11.4 Å². The Morgan fingerprint density at radius 2 is 2.10 bits per heavy atom. The number of nitrogen functional groups attached to an aromatic ring is 1. The van der Waals surface area contributed by atoms with Crippen molar-refractivity contribution in [3.05, 3.63) is 29.2 Å². The summed E-state index contributed by atoms with van der Waals surface area (Å²) in [6.45, 7) is 0.265. The number of carbonyl (C=O) groups excluding carboxylic acids is 3. The third kappa shape index (κ3) is 6.25. The average Bonchev–Trinajstić information content (AvgIpc) is 3.32. The van der Waals surface area contributed by atoms with Gasteiger partial charge in [0.15, 0.2) is 5.13 Å². The van der Waals surface area contributed by atoms with Crippen LogP contribution < -0.4 is 16.2 Å². The van der Waals surface area contributed by atoms with E-state index in [0.29, 0.717) is 29.7 Å². The van der Waals surface area contributed by atoms with Crippen LogP contribution in [-0.2, 0) is 29.5 Å². The van der Waals surface area contributed by atoms with Gasteiger partial charge in [-0.3, -0.25) is 19.0 Å².